The summed E-state index contributed by atoms with van der Waals surface area (Å²) in [6, 6.07) is 4.97. The lowest BCUT2D eigenvalue weighted by Crippen LogP contribution is -2.26. The predicted octanol–water partition coefficient (Wildman–Crippen LogP) is 1.53. The van der Waals surface area contributed by atoms with Gasteiger partial charge in [0.15, 0.2) is 11.5 Å². The summed E-state index contributed by atoms with van der Waals surface area (Å²) in [5, 5.41) is 11.8. The lowest BCUT2D eigenvalue weighted by Gasteiger charge is -2.21. The lowest BCUT2D eigenvalue weighted by molar-refractivity contribution is -0.255. The Morgan fingerprint density at radius 3 is 2.16 bits per heavy atom. The second kappa shape index (κ2) is 7.21. The number of aryl methyl sites for hydroxylation is 2. The highest BCUT2D eigenvalue weighted by Gasteiger charge is 2.26. The number of nitrogens with zero attached hydrogens (tertiary/aromatic N) is 1. The standard InChI is InChI=1S/C18H19NO6/c1-9-13(17(20)21)15(14(10(2)19-9)18(22)25-5)11-7-6-8-12(23-3)16(11)24-4/h6-8H,1-5H3,(H,20,21)/p-1. The molecule has 2 aromatic rings. The molecule has 7 nitrogen and oxygen atoms in total. The van der Waals surface area contributed by atoms with Gasteiger partial charge in [0.05, 0.1) is 38.6 Å². The summed E-state index contributed by atoms with van der Waals surface area (Å²) in [4.78, 5) is 28.2. The van der Waals surface area contributed by atoms with Gasteiger partial charge >= 0.3 is 5.97 Å². The molecule has 0 fully saturated rings. The Bertz CT molecular complexity index is 844. The third-order valence-electron chi connectivity index (χ3n) is 3.82. The summed E-state index contributed by atoms with van der Waals surface area (Å²) in [6.07, 6.45) is 0. The van der Waals surface area contributed by atoms with Crippen LogP contribution in [0, 0.1) is 13.8 Å². The van der Waals surface area contributed by atoms with Gasteiger partial charge in [-0.3, -0.25) is 4.98 Å². The largest absolute Gasteiger partial charge is 0.545 e. The van der Waals surface area contributed by atoms with Crippen molar-refractivity contribution in [1.82, 2.24) is 4.98 Å². The molecule has 0 spiro atoms. The van der Waals surface area contributed by atoms with Crippen molar-refractivity contribution >= 4 is 11.9 Å². The zero-order valence-electron chi connectivity index (χ0n) is 14.6. The Kier molecular flexibility index (Phi) is 5.26. The number of hydrogen-bond acceptors (Lipinski definition) is 7. The molecule has 0 aliphatic carbocycles. The first-order valence-corrected chi connectivity index (χ1v) is 7.39. The van der Waals surface area contributed by atoms with Gasteiger partial charge in [-0.2, -0.15) is 0 Å². The maximum Gasteiger partial charge on any atom is 0.340 e. The Labute approximate surface area is 145 Å². The smallest absolute Gasteiger partial charge is 0.340 e. The highest BCUT2D eigenvalue weighted by Crippen LogP contribution is 2.42. The topological polar surface area (TPSA) is 97.8 Å². The molecule has 0 atom stereocenters. The molecule has 7 heteroatoms. The fourth-order valence-electron chi connectivity index (χ4n) is 2.81. The van der Waals surface area contributed by atoms with Crippen LogP contribution < -0.4 is 14.6 Å². The first-order chi connectivity index (χ1) is 11.9. The number of para-hydroxylation sites is 1. The molecular weight excluding hydrogens is 326 g/mol. The Morgan fingerprint density at radius 1 is 1.00 bits per heavy atom. The van der Waals surface area contributed by atoms with Crippen LogP contribution in [0.5, 0.6) is 11.5 Å². The first kappa shape index (κ1) is 18.3. The Hall–Kier alpha value is -3.09. The number of hydrogen-bond donors (Lipinski definition) is 0. The summed E-state index contributed by atoms with van der Waals surface area (Å²) < 4.78 is 15.5. The number of benzene rings is 1. The summed E-state index contributed by atoms with van der Waals surface area (Å²) >= 11 is 0. The van der Waals surface area contributed by atoms with Crippen molar-refractivity contribution < 1.29 is 28.9 Å². The zero-order valence-corrected chi connectivity index (χ0v) is 14.6. The average Bonchev–Trinajstić information content (AvgIpc) is 2.59. The van der Waals surface area contributed by atoms with Gasteiger partial charge in [-0.15, -0.1) is 0 Å². The van der Waals surface area contributed by atoms with Gasteiger partial charge in [0.1, 0.15) is 0 Å². The third-order valence-corrected chi connectivity index (χ3v) is 3.82. The first-order valence-electron chi connectivity index (χ1n) is 7.39. The number of ether oxygens (including phenoxy) is 3. The van der Waals surface area contributed by atoms with Crippen LogP contribution in [0.1, 0.15) is 32.1 Å². The number of carbonyl (C=O) groups is 2. The minimum atomic E-state index is -1.45. The molecule has 0 radical (unpaired) electrons. The van der Waals surface area contributed by atoms with Gasteiger partial charge in [0.25, 0.3) is 0 Å². The van der Waals surface area contributed by atoms with Crippen molar-refractivity contribution in [3.63, 3.8) is 0 Å². The molecule has 0 amide bonds. The van der Waals surface area contributed by atoms with Crippen LogP contribution in [0.15, 0.2) is 18.2 Å². The van der Waals surface area contributed by atoms with Gasteiger partial charge in [0.2, 0.25) is 0 Å². The van der Waals surface area contributed by atoms with Crippen LogP contribution in [0.4, 0.5) is 0 Å². The van der Waals surface area contributed by atoms with Crippen molar-refractivity contribution in [2.75, 3.05) is 21.3 Å². The quantitative estimate of drug-likeness (QED) is 0.759. The van der Waals surface area contributed by atoms with Crippen molar-refractivity contribution in [3.8, 4) is 22.6 Å². The van der Waals surface area contributed by atoms with E-state index < -0.39 is 11.9 Å². The number of rotatable bonds is 5. The third kappa shape index (κ3) is 3.13. The van der Waals surface area contributed by atoms with E-state index in [4.69, 9.17) is 14.2 Å². The van der Waals surface area contributed by atoms with Crippen molar-refractivity contribution in [2.24, 2.45) is 0 Å². The van der Waals surface area contributed by atoms with Crippen LogP contribution in [0.2, 0.25) is 0 Å². The van der Waals surface area contributed by atoms with Crippen molar-refractivity contribution in [1.29, 1.82) is 0 Å². The van der Waals surface area contributed by atoms with Crippen molar-refractivity contribution in [3.05, 3.63) is 40.7 Å². The van der Waals surface area contributed by atoms with E-state index in [2.05, 4.69) is 4.98 Å². The summed E-state index contributed by atoms with van der Waals surface area (Å²) in [6.45, 7) is 3.14. The fraction of sp³-hybridized carbons (Fsp3) is 0.278. The predicted molar refractivity (Wildman–Crippen MR) is 87.9 cm³/mol. The molecule has 2 rings (SSSR count). The molecule has 1 aromatic carbocycles. The van der Waals surface area contributed by atoms with E-state index >= 15 is 0 Å². The summed E-state index contributed by atoms with van der Waals surface area (Å²) in [7, 11) is 4.11. The van der Waals surface area contributed by atoms with Gasteiger partial charge in [0, 0.05) is 22.4 Å². The van der Waals surface area contributed by atoms with Crippen LogP contribution in [-0.4, -0.2) is 38.3 Å². The molecular formula is C18H18NO6-. The van der Waals surface area contributed by atoms with Crippen LogP contribution in [0.25, 0.3) is 11.1 Å². The highest BCUT2D eigenvalue weighted by atomic mass is 16.5. The minimum Gasteiger partial charge on any atom is -0.545 e. The van der Waals surface area contributed by atoms with Gasteiger partial charge in [-0.25, -0.2) is 4.79 Å². The lowest BCUT2D eigenvalue weighted by atomic mass is 9.91. The monoisotopic (exact) mass is 344 g/mol. The normalized spacial score (nSPS) is 10.3. The molecule has 0 aliphatic rings. The molecule has 0 N–H and O–H groups in total. The maximum atomic E-state index is 12.3. The van der Waals surface area contributed by atoms with Crippen LogP contribution in [-0.2, 0) is 4.74 Å². The van der Waals surface area contributed by atoms with Gasteiger partial charge in [-0.1, -0.05) is 12.1 Å². The van der Waals surface area contributed by atoms with Crippen LogP contribution >= 0.6 is 0 Å². The van der Waals surface area contributed by atoms with E-state index in [1.54, 1.807) is 25.1 Å². The summed E-state index contributed by atoms with van der Waals surface area (Å²) in [5.41, 5.74) is 0.915. The SMILES string of the molecule is COC(=O)c1c(C)nc(C)c(C(=O)[O-])c1-c1cccc(OC)c1OC. The van der Waals surface area contributed by atoms with Gasteiger partial charge in [-0.05, 0) is 19.9 Å². The number of carboxylic acid groups (broad SMARTS) is 1. The second-order valence-corrected chi connectivity index (χ2v) is 5.23. The molecule has 1 heterocycles. The van der Waals surface area contributed by atoms with E-state index in [0.717, 1.165) is 0 Å². The molecule has 0 unspecified atom stereocenters. The average molecular weight is 344 g/mol. The highest BCUT2D eigenvalue weighted by molar-refractivity contribution is 6.07. The fourth-order valence-corrected chi connectivity index (χ4v) is 2.81. The maximum absolute atomic E-state index is 12.3. The molecule has 1 aromatic heterocycles. The minimum absolute atomic E-state index is 0.0406. The molecule has 132 valence electrons. The molecule has 0 saturated heterocycles. The van der Waals surface area contributed by atoms with E-state index in [1.807, 2.05) is 0 Å². The van der Waals surface area contributed by atoms with E-state index in [1.165, 1.54) is 28.3 Å². The van der Waals surface area contributed by atoms with Crippen molar-refractivity contribution in [2.45, 2.75) is 13.8 Å². The Morgan fingerprint density at radius 2 is 1.64 bits per heavy atom. The molecule has 25 heavy (non-hydrogen) atoms. The van der Waals surface area contributed by atoms with E-state index in [-0.39, 0.29) is 22.4 Å². The molecule has 0 saturated carbocycles. The number of carbonyl (C=O) groups excluding carboxylic acids is 2. The number of pyridine rings is 1. The van der Waals surface area contributed by atoms with E-state index in [0.29, 0.717) is 22.8 Å². The number of aromatic nitrogens is 1. The molecule has 0 bridgehead atoms. The second-order valence-electron chi connectivity index (χ2n) is 5.23. The summed E-state index contributed by atoms with van der Waals surface area (Å²) in [5.74, 6) is -1.46. The number of methoxy groups -OCH3 is 3. The number of carboxylic acids is 1. The molecule has 0 aliphatic heterocycles. The number of aromatic carboxylic acids is 1. The van der Waals surface area contributed by atoms with Gasteiger partial charge < -0.3 is 24.1 Å². The van der Waals surface area contributed by atoms with Crippen LogP contribution in [0.3, 0.4) is 0 Å². The number of esters is 1. The zero-order chi connectivity index (χ0) is 18.7. The Balaban J connectivity index is 3.02. The van der Waals surface area contributed by atoms with E-state index in [9.17, 15) is 14.7 Å².